The van der Waals surface area contributed by atoms with Crippen molar-refractivity contribution in [1.82, 2.24) is 20.0 Å². The maximum absolute atomic E-state index is 13.8. The van der Waals surface area contributed by atoms with Crippen LogP contribution in [0.15, 0.2) is 36.5 Å². The number of carbonyl (C=O) groups is 1. The van der Waals surface area contributed by atoms with Crippen molar-refractivity contribution in [2.24, 2.45) is 0 Å². The standard InChI is InChI=1S/C18H23FN4O2/c1-13-11-22(12-14(2)25-13)10-8-20-18(24)16-7-9-23(21-16)17-6-4-3-5-15(17)19/h3-7,9,13-14H,8,10-12H2,1-2H3,(H,20,24)/t13-,14+. The van der Waals surface area contributed by atoms with Gasteiger partial charge in [-0.15, -0.1) is 0 Å². The Hall–Kier alpha value is -2.25. The molecule has 2 aromatic rings. The SMILES string of the molecule is C[C@@H]1CN(CCNC(=O)c2ccn(-c3ccccc3F)n2)C[C@H](C)O1. The third kappa shape index (κ3) is 4.43. The molecule has 7 heteroatoms. The van der Waals surface area contributed by atoms with E-state index in [1.165, 1.54) is 10.7 Å². The van der Waals surface area contributed by atoms with Gasteiger partial charge in [0.1, 0.15) is 11.5 Å². The Morgan fingerprint density at radius 3 is 2.72 bits per heavy atom. The number of amides is 1. The lowest BCUT2D eigenvalue weighted by Gasteiger charge is -2.35. The van der Waals surface area contributed by atoms with Crippen LogP contribution in [0.2, 0.25) is 0 Å². The Balaban J connectivity index is 1.53. The molecule has 2 heterocycles. The van der Waals surface area contributed by atoms with E-state index in [1.807, 2.05) is 0 Å². The van der Waals surface area contributed by atoms with Crippen LogP contribution in [0.25, 0.3) is 5.69 Å². The largest absolute Gasteiger partial charge is 0.373 e. The number of nitrogens with zero attached hydrogens (tertiary/aromatic N) is 3. The smallest absolute Gasteiger partial charge is 0.271 e. The van der Waals surface area contributed by atoms with E-state index in [-0.39, 0.29) is 29.6 Å². The molecule has 0 radical (unpaired) electrons. The summed E-state index contributed by atoms with van der Waals surface area (Å²) < 4.78 is 20.8. The van der Waals surface area contributed by atoms with Crippen molar-refractivity contribution in [2.75, 3.05) is 26.2 Å². The lowest BCUT2D eigenvalue weighted by molar-refractivity contribution is -0.0672. The van der Waals surface area contributed by atoms with Crippen molar-refractivity contribution in [1.29, 1.82) is 0 Å². The van der Waals surface area contributed by atoms with Gasteiger partial charge in [0, 0.05) is 32.4 Å². The molecule has 1 aliphatic rings. The molecule has 0 bridgehead atoms. The molecule has 2 atom stereocenters. The number of rotatable bonds is 5. The maximum atomic E-state index is 13.8. The van der Waals surface area contributed by atoms with Crippen molar-refractivity contribution < 1.29 is 13.9 Å². The number of nitrogens with one attached hydrogen (secondary N) is 1. The fourth-order valence-corrected chi connectivity index (χ4v) is 3.10. The Morgan fingerprint density at radius 2 is 2.00 bits per heavy atom. The van der Waals surface area contributed by atoms with Gasteiger partial charge in [-0.25, -0.2) is 9.07 Å². The van der Waals surface area contributed by atoms with E-state index in [1.54, 1.807) is 30.5 Å². The molecule has 1 fully saturated rings. The number of hydrogen-bond acceptors (Lipinski definition) is 4. The molecule has 25 heavy (non-hydrogen) atoms. The summed E-state index contributed by atoms with van der Waals surface area (Å²) in [6.07, 6.45) is 1.99. The molecule has 1 aromatic carbocycles. The van der Waals surface area contributed by atoms with Gasteiger partial charge in [-0.3, -0.25) is 9.69 Å². The van der Waals surface area contributed by atoms with Gasteiger partial charge in [0.15, 0.2) is 5.69 Å². The van der Waals surface area contributed by atoms with E-state index in [4.69, 9.17) is 4.74 Å². The minimum Gasteiger partial charge on any atom is -0.373 e. The molecular formula is C18H23FN4O2. The van der Waals surface area contributed by atoms with Gasteiger partial charge in [-0.2, -0.15) is 5.10 Å². The van der Waals surface area contributed by atoms with E-state index in [0.29, 0.717) is 12.2 Å². The molecule has 1 saturated heterocycles. The van der Waals surface area contributed by atoms with E-state index in [0.717, 1.165) is 19.6 Å². The van der Waals surface area contributed by atoms with E-state index in [2.05, 4.69) is 29.2 Å². The van der Waals surface area contributed by atoms with Crippen molar-refractivity contribution >= 4 is 5.91 Å². The van der Waals surface area contributed by atoms with Crippen molar-refractivity contribution in [3.8, 4) is 5.69 Å². The summed E-state index contributed by atoms with van der Waals surface area (Å²) in [4.78, 5) is 14.5. The van der Waals surface area contributed by atoms with Gasteiger partial charge in [-0.1, -0.05) is 12.1 Å². The van der Waals surface area contributed by atoms with Crippen LogP contribution in [0.3, 0.4) is 0 Å². The Labute approximate surface area is 146 Å². The summed E-state index contributed by atoms with van der Waals surface area (Å²) in [6.45, 7) is 7.13. The van der Waals surface area contributed by atoms with Crippen molar-refractivity contribution in [3.05, 3.63) is 48.0 Å². The van der Waals surface area contributed by atoms with Crippen LogP contribution in [-0.2, 0) is 4.74 Å². The quantitative estimate of drug-likeness (QED) is 0.898. The molecule has 0 saturated carbocycles. The van der Waals surface area contributed by atoms with Crippen LogP contribution in [-0.4, -0.2) is 59.0 Å². The minimum atomic E-state index is -0.381. The average molecular weight is 346 g/mol. The summed E-state index contributed by atoms with van der Waals surface area (Å²) >= 11 is 0. The second-order valence-electron chi connectivity index (χ2n) is 6.37. The summed E-state index contributed by atoms with van der Waals surface area (Å²) in [6, 6.07) is 7.90. The first kappa shape index (κ1) is 17.6. The van der Waals surface area contributed by atoms with Crippen LogP contribution in [0.1, 0.15) is 24.3 Å². The first-order valence-corrected chi connectivity index (χ1v) is 8.49. The first-order chi connectivity index (χ1) is 12.0. The molecular weight excluding hydrogens is 323 g/mol. The fourth-order valence-electron chi connectivity index (χ4n) is 3.10. The molecule has 3 rings (SSSR count). The average Bonchev–Trinajstić information content (AvgIpc) is 3.04. The highest BCUT2D eigenvalue weighted by molar-refractivity contribution is 5.92. The second-order valence-corrected chi connectivity index (χ2v) is 6.37. The lowest BCUT2D eigenvalue weighted by atomic mass is 10.2. The number of halogens is 1. The minimum absolute atomic E-state index is 0.205. The molecule has 134 valence electrons. The summed E-state index contributed by atoms with van der Waals surface area (Å²) in [5.41, 5.74) is 0.588. The lowest BCUT2D eigenvalue weighted by Crippen LogP contribution is -2.47. The molecule has 1 aliphatic heterocycles. The highest BCUT2D eigenvalue weighted by Crippen LogP contribution is 2.12. The number of ether oxygens (including phenoxy) is 1. The zero-order valence-corrected chi connectivity index (χ0v) is 14.5. The molecule has 0 aliphatic carbocycles. The topological polar surface area (TPSA) is 59.4 Å². The second kappa shape index (κ2) is 7.76. The zero-order chi connectivity index (χ0) is 17.8. The van der Waals surface area contributed by atoms with Crippen LogP contribution in [0, 0.1) is 5.82 Å². The molecule has 0 spiro atoms. The monoisotopic (exact) mass is 346 g/mol. The number of carbonyl (C=O) groups excluding carboxylic acids is 1. The van der Waals surface area contributed by atoms with Crippen LogP contribution in [0.4, 0.5) is 4.39 Å². The van der Waals surface area contributed by atoms with Crippen LogP contribution >= 0.6 is 0 Å². The van der Waals surface area contributed by atoms with E-state index in [9.17, 15) is 9.18 Å². The Bertz CT molecular complexity index is 723. The highest BCUT2D eigenvalue weighted by atomic mass is 19.1. The van der Waals surface area contributed by atoms with Gasteiger partial charge >= 0.3 is 0 Å². The number of para-hydroxylation sites is 1. The highest BCUT2D eigenvalue weighted by Gasteiger charge is 2.21. The van der Waals surface area contributed by atoms with Gasteiger partial charge < -0.3 is 10.1 Å². The molecule has 1 N–H and O–H groups in total. The maximum Gasteiger partial charge on any atom is 0.271 e. The summed E-state index contributed by atoms with van der Waals surface area (Å²) in [5, 5.41) is 7.03. The van der Waals surface area contributed by atoms with Crippen molar-refractivity contribution in [2.45, 2.75) is 26.1 Å². The van der Waals surface area contributed by atoms with Crippen molar-refractivity contribution in [3.63, 3.8) is 0 Å². The number of morpholine rings is 1. The van der Waals surface area contributed by atoms with E-state index < -0.39 is 0 Å². The van der Waals surface area contributed by atoms with Gasteiger partial charge in [0.25, 0.3) is 5.91 Å². The number of benzene rings is 1. The number of aromatic nitrogens is 2. The summed E-state index contributed by atoms with van der Waals surface area (Å²) in [7, 11) is 0. The number of hydrogen-bond donors (Lipinski definition) is 1. The molecule has 1 aromatic heterocycles. The van der Waals surface area contributed by atoms with Crippen LogP contribution in [0.5, 0.6) is 0 Å². The van der Waals surface area contributed by atoms with Gasteiger partial charge in [0.2, 0.25) is 0 Å². The predicted octanol–water partition coefficient (Wildman–Crippen LogP) is 1.85. The summed E-state index contributed by atoms with van der Waals surface area (Å²) in [5.74, 6) is -0.641. The van der Waals surface area contributed by atoms with Crippen LogP contribution < -0.4 is 5.32 Å². The Morgan fingerprint density at radius 1 is 1.28 bits per heavy atom. The van der Waals surface area contributed by atoms with Gasteiger partial charge in [0.05, 0.1) is 12.2 Å². The predicted molar refractivity (Wildman–Crippen MR) is 92.3 cm³/mol. The van der Waals surface area contributed by atoms with E-state index >= 15 is 0 Å². The fraction of sp³-hybridized carbons (Fsp3) is 0.444. The van der Waals surface area contributed by atoms with Gasteiger partial charge in [-0.05, 0) is 32.0 Å². The zero-order valence-electron chi connectivity index (χ0n) is 14.5. The third-order valence-corrected chi connectivity index (χ3v) is 4.13. The molecule has 6 nitrogen and oxygen atoms in total. The molecule has 1 amide bonds. The molecule has 0 unspecified atom stereocenters. The first-order valence-electron chi connectivity index (χ1n) is 8.49. The third-order valence-electron chi connectivity index (χ3n) is 4.13. The normalized spacial score (nSPS) is 21.2. The Kier molecular flexibility index (Phi) is 5.45.